The van der Waals surface area contributed by atoms with Gasteiger partial charge in [0.15, 0.2) is 8.07 Å². The lowest BCUT2D eigenvalue weighted by Crippen LogP contribution is -2.64. The lowest BCUT2D eigenvalue weighted by molar-refractivity contribution is 1.08. The lowest BCUT2D eigenvalue weighted by atomic mass is 10.1. The van der Waals surface area contributed by atoms with E-state index in [4.69, 9.17) is 0 Å². The van der Waals surface area contributed by atoms with Gasteiger partial charge in [-0.1, -0.05) is 163 Å². The lowest BCUT2D eigenvalue weighted by Gasteiger charge is -2.42. The van der Waals surface area contributed by atoms with Crippen LogP contribution in [0.3, 0.4) is 0 Å². The average molecular weight is 539 g/mol. The van der Waals surface area contributed by atoms with Gasteiger partial charge in [0, 0.05) is 5.54 Å². The Morgan fingerprint density at radius 2 is 1.18 bits per heavy atom. The molecule has 6 rings (SSSR count). The Kier molecular flexibility index (Phi) is 6.57. The first-order chi connectivity index (χ1) is 18.8. The highest BCUT2D eigenvalue weighted by atomic mass is 28.3. The van der Waals surface area contributed by atoms with Gasteiger partial charge < -0.3 is 0 Å². The fourth-order valence-electron chi connectivity index (χ4n) is 7.22. The minimum Gasteiger partial charge on any atom is -0.0669 e. The molecule has 2 heteroatoms. The van der Waals surface area contributed by atoms with Crippen LogP contribution in [0.2, 0.25) is 19.6 Å². The number of fused-ring (bicyclic) bond motifs is 1. The van der Waals surface area contributed by atoms with E-state index in [9.17, 15) is 0 Å². The zero-order chi connectivity index (χ0) is 27.2. The zero-order valence-corrected chi connectivity index (χ0v) is 25.8. The predicted octanol–water partition coefficient (Wildman–Crippen LogP) is 7.88. The van der Waals surface area contributed by atoms with Gasteiger partial charge in [0.2, 0.25) is 0 Å². The number of benzene rings is 4. The van der Waals surface area contributed by atoms with Crippen LogP contribution in [0.1, 0.15) is 42.5 Å². The van der Waals surface area contributed by atoms with Crippen molar-refractivity contribution < 1.29 is 0 Å². The Balaban J connectivity index is 1.65. The third-order valence-electron chi connectivity index (χ3n) is 8.83. The Bertz CT molecular complexity index is 1560. The van der Waals surface area contributed by atoms with Crippen molar-refractivity contribution in [2.75, 3.05) is 0 Å². The summed E-state index contributed by atoms with van der Waals surface area (Å²) in [6.07, 6.45) is 6.04. The van der Waals surface area contributed by atoms with Crippen molar-refractivity contribution >= 4 is 43.4 Å². The molecule has 0 saturated heterocycles. The molecule has 4 aromatic rings. The first-order valence-corrected chi connectivity index (χ1v) is 19.8. The fraction of sp³-hybridized carbons (Fsp3) is 0.189. The van der Waals surface area contributed by atoms with Gasteiger partial charge in [-0.05, 0) is 52.9 Å². The van der Waals surface area contributed by atoms with E-state index in [0.717, 1.165) is 6.42 Å². The Morgan fingerprint density at radius 3 is 1.74 bits per heavy atom. The Labute approximate surface area is 236 Å². The molecule has 0 fully saturated rings. The van der Waals surface area contributed by atoms with Crippen LogP contribution in [0.5, 0.6) is 0 Å². The minimum absolute atomic E-state index is 0.363. The molecule has 0 nitrogen and oxygen atoms in total. The van der Waals surface area contributed by atoms with E-state index in [1.807, 2.05) is 0 Å². The van der Waals surface area contributed by atoms with E-state index in [2.05, 4.69) is 155 Å². The highest BCUT2D eigenvalue weighted by molar-refractivity contribution is 7.09. The van der Waals surface area contributed by atoms with Crippen LogP contribution < -0.4 is 15.6 Å². The molecule has 2 aliphatic carbocycles. The molecule has 0 saturated carbocycles. The molecule has 1 unspecified atom stereocenters. The van der Waals surface area contributed by atoms with Crippen LogP contribution >= 0.6 is 0 Å². The van der Waals surface area contributed by atoms with Gasteiger partial charge in [0.1, 0.15) is 0 Å². The highest BCUT2D eigenvalue weighted by Crippen LogP contribution is 2.48. The van der Waals surface area contributed by atoms with Crippen molar-refractivity contribution in [3.63, 3.8) is 0 Å². The highest BCUT2D eigenvalue weighted by Gasteiger charge is 2.52. The Hall–Kier alpha value is -3.47. The van der Waals surface area contributed by atoms with E-state index < -0.39 is 16.1 Å². The molecule has 0 aliphatic heterocycles. The number of hydrogen-bond donors (Lipinski definition) is 0. The number of hydrogen-bond acceptors (Lipinski definition) is 0. The van der Waals surface area contributed by atoms with E-state index in [1.54, 1.807) is 15.9 Å². The summed E-state index contributed by atoms with van der Waals surface area (Å²) in [7, 11) is -4.06. The molecule has 0 bridgehead atoms. The molecule has 0 aromatic heterocycles. The first-order valence-electron chi connectivity index (χ1n) is 14.2. The molecule has 4 aromatic carbocycles. The minimum atomic E-state index is -2.54. The summed E-state index contributed by atoms with van der Waals surface area (Å²) in [5, 5.41) is 6.27. The van der Waals surface area contributed by atoms with Gasteiger partial charge in [-0.25, -0.2) is 0 Å². The van der Waals surface area contributed by atoms with Crippen LogP contribution in [0.25, 0.3) is 11.6 Å². The smallest absolute Gasteiger partial charge is 0.0669 e. The zero-order valence-electron chi connectivity index (χ0n) is 23.8. The quantitative estimate of drug-likeness (QED) is 0.219. The summed E-state index contributed by atoms with van der Waals surface area (Å²) in [5.74, 6) is 0. The second-order valence-corrected chi connectivity index (χ2v) is 21.3. The standard InChI is InChI=1S/C37H38Si2/c1-27-24-30(29-16-9-6-10-17-29)26-36(27)39(31-18-11-7-12-19-31,32-20-13-8-14-21-32)37-28(2)25-34-33(37)22-15-23-35(34)38(3,4)5/h6-25,37H,26H2,1-5H3. The monoisotopic (exact) mass is 538 g/mol. The average Bonchev–Trinajstić information content (AvgIpc) is 3.50. The van der Waals surface area contributed by atoms with Crippen molar-refractivity contribution in [2.24, 2.45) is 0 Å². The van der Waals surface area contributed by atoms with Crippen LogP contribution in [0.4, 0.5) is 0 Å². The molecule has 2 aliphatic rings. The van der Waals surface area contributed by atoms with E-state index in [1.165, 1.54) is 38.2 Å². The van der Waals surface area contributed by atoms with Gasteiger partial charge in [-0.3, -0.25) is 0 Å². The molecule has 1 atom stereocenters. The predicted molar refractivity (Wildman–Crippen MR) is 175 cm³/mol. The van der Waals surface area contributed by atoms with Crippen LogP contribution in [-0.4, -0.2) is 16.1 Å². The number of rotatable bonds is 6. The SMILES string of the molecule is CC1=Cc2c(cccc2[Si](C)(C)C)C1[Si](C1=C(C)C=C(c2ccccc2)C1)(c1ccccc1)c1ccccc1. The first kappa shape index (κ1) is 25.8. The normalized spacial score (nSPS) is 17.2. The van der Waals surface area contributed by atoms with Crippen molar-refractivity contribution in [1.82, 2.24) is 0 Å². The summed E-state index contributed by atoms with van der Waals surface area (Å²) in [6, 6.07) is 41.2. The summed E-state index contributed by atoms with van der Waals surface area (Å²) < 4.78 is 0. The van der Waals surface area contributed by atoms with E-state index in [0.29, 0.717) is 5.54 Å². The van der Waals surface area contributed by atoms with Crippen LogP contribution in [0.15, 0.2) is 132 Å². The van der Waals surface area contributed by atoms with Gasteiger partial charge in [0.05, 0.1) is 8.07 Å². The fourth-order valence-corrected chi connectivity index (χ4v) is 15.0. The van der Waals surface area contributed by atoms with Crippen molar-refractivity contribution in [1.29, 1.82) is 0 Å². The van der Waals surface area contributed by atoms with Gasteiger partial charge >= 0.3 is 0 Å². The van der Waals surface area contributed by atoms with Crippen molar-refractivity contribution in [3.8, 4) is 0 Å². The third-order valence-corrected chi connectivity index (χ3v) is 16.5. The largest absolute Gasteiger partial charge is 0.156 e. The second kappa shape index (κ2) is 9.93. The third kappa shape index (κ3) is 4.27. The summed E-state index contributed by atoms with van der Waals surface area (Å²) in [6.45, 7) is 12.2. The van der Waals surface area contributed by atoms with Crippen LogP contribution in [-0.2, 0) is 0 Å². The second-order valence-electron chi connectivity index (χ2n) is 12.3. The number of allylic oxidation sites excluding steroid dienone is 5. The molecule has 39 heavy (non-hydrogen) atoms. The van der Waals surface area contributed by atoms with Crippen molar-refractivity contribution in [3.05, 3.63) is 148 Å². The molecule has 0 radical (unpaired) electrons. The Morgan fingerprint density at radius 1 is 0.615 bits per heavy atom. The van der Waals surface area contributed by atoms with Gasteiger partial charge in [-0.15, -0.1) is 0 Å². The van der Waals surface area contributed by atoms with Gasteiger partial charge in [0.25, 0.3) is 0 Å². The molecule has 0 spiro atoms. The maximum atomic E-state index is 2.55. The maximum absolute atomic E-state index is 2.55. The van der Waals surface area contributed by atoms with E-state index in [-0.39, 0.29) is 0 Å². The van der Waals surface area contributed by atoms with Crippen LogP contribution in [0, 0.1) is 0 Å². The molecular formula is C37H38Si2. The van der Waals surface area contributed by atoms with E-state index >= 15 is 0 Å². The summed E-state index contributed by atoms with van der Waals surface area (Å²) in [4.78, 5) is 0. The maximum Gasteiger partial charge on any atom is 0.156 e. The summed E-state index contributed by atoms with van der Waals surface area (Å²) >= 11 is 0. The van der Waals surface area contributed by atoms with Crippen molar-refractivity contribution in [2.45, 2.75) is 45.5 Å². The molecule has 194 valence electrons. The molecule has 0 heterocycles. The molecule has 0 N–H and O–H groups in total. The summed E-state index contributed by atoms with van der Waals surface area (Å²) in [5.41, 5.74) is 9.18. The molecular weight excluding hydrogens is 501 g/mol. The molecule has 0 amide bonds. The van der Waals surface area contributed by atoms with Gasteiger partial charge in [-0.2, -0.15) is 0 Å². The topological polar surface area (TPSA) is 0 Å².